The topological polar surface area (TPSA) is 48.4 Å². The Morgan fingerprint density at radius 1 is 1.04 bits per heavy atom. The van der Waals surface area contributed by atoms with Gasteiger partial charge in [0.25, 0.3) is 0 Å². The number of rotatable bonds is 5. The van der Waals surface area contributed by atoms with Crippen molar-refractivity contribution < 1.29 is 5.11 Å². The highest BCUT2D eigenvalue weighted by atomic mass is 35.5. The van der Waals surface area contributed by atoms with Crippen molar-refractivity contribution in [2.75, 3.05) is 25.0 Å². The van der Waals surface area contributed by atoms with Gasteiger partial charge in [0.05, 0.1) is 11.6 Å². The van der Waals surface area contributed by atoms with E-state index in [-0.39, 0.29) is 0 Å². The maximum absolute atomic E-state index is 10.5. The molecule has 1 aliphatic rings. The fraction of sp³-hybridized carbons (Fsp3) is 0.318. The van der Waals surface area contributed by atoms with E-state index in [9.17, 15) is 5.11 Å². The summed E-state index contributed by atoms with van der Waals surface area (Å²) in [5.74, 6) is 0. The van der Waals surface area contributed by atoms with E-state index >= 15 is 0 Å². The van der Waals surface area contributed by atoms with Gasteiger partial charge in [0, 0.05) is 34.5 Å². The molecular formula is C22H24ClN3O. The molecule has 0 bridgehead atoms. The second kappa shape index (κ2) is 8.26. The van der Waals surface area contributed by atoms with Crippen molar-refractivity contribution in [1.29, 1.82) is 0 Å². The van der Waals surface area contributed by atoms with Gasteiger partial charge in [-0.05, 0) is 67.9 Å². The lowest BCUT2D eigenvalue weighted by Crippen LogP contribution is -2.33. The van der Waals surface area contributed by atoms with Crippen LogP contribution in [0, 0.1) is 0 Å². The molecule has 0 amide bonds. The number of nitrogens with one attached hydrogen (secondary N) is 1. The van der Waals surface area contributed by atoms with Crippen molar-refractivity contribution in [2.45, 2.75) is 25.4 Å². The van der Waals surface area contributed by atoms with Crippen molar-refractivity contribution in [1.82, 2.24) is 9.88 Å². The molecule has 1 fully saturated rings. The molecule has 27 heavy (non-hydrogen) atoms. The quantitative estimate of drug-likeness (QED) is 0.641. The summed E-state index contributed by atoms with van der Waals surface area (Å²) >= 11 is 6.06. The van der Waals surface area contributed by atoms with Crippen molar-refractivity contribution in [2.24, 2.45) is 0 Å². The van der Waals surface area contributed by atoms with Gasteiger partial charge in [-0.1, -0.05) is 30.2 Å². The van der Waals surface area contributed by atoms with E-state index in [0.717, 1.165) is 40.9 Å². The van der Waals surface area contributed by atoms with E-state index in [1.54, 1.807) is 6.20 Å². The number of nitrogens with zero attached hydrogens (tertiary/aromatic N) is 2. The zero-order valence-electron chi connectivity index (χ0n) is 15.2. The molecule has 2 aromatic carbocycles. The Balaban J connectivity index is 1.46. The van der Waals surface area contributed by atoms with E-state index in [4.69, 9.17) is 11.6 Å². The highest BCUT2D eigenvalue weighted by molar-refractivity contribution is 6.31. The summed E-state index contributed by atoms with van der Waals surface area (Å²) in [6, 6.07) is 15.7. The number of hydrogen-bond donors (Lipinski definition) is 2. The van der Waals surface area contributed by atoms with Gasteiger partial charge >= 0.3 is 0 Å². The van der Waals surface area contributed by atoms with Crippen LogP contribution in [0.1, 0.15) is 30.9 Å². The smallest absolute Gasteiger partial charge is 0.0916 e. The van der Waals surface area contributed by atoms with Crippen molar-refractivity contribution >= 4 is 33.9 Å². The third-order valence-corrected chi connectivity index (χ3v) is 5.39. The first-order valence-corrected chi connectivity index (χ1v) is 9.88. The zero-order valence-corrected chi connectivity index (χ0v) is 16.0. The zero-order chi connectivity index (χ0) is 18.6. The minimum absolute atomic E-state index is 0.443. The number of likely N-dealkylation sites (tertiary alicyclic amines) is 1. The summed E-state index contributed by atoms with van der Waals surface area (Å²) < 4.78 is 0. The van der Waals surface area contributed by atoms with Gasteiger partial charge < -0.3 is 15.3 Å². The second-order valence-electron chi connectivity index (χ2n) is 7.14. The Bertz CT molecular complexity index is 907. The van der Waals surface area contributed by atoms with E-state index < -0.39 is 6.10 Å². The fourth-order valence-corrected chi connectivity index (χ4v) is 3.83. The lowest BCUT2D eigenvalue weighted by molar-refractivity contribution is 0.101. The Hall–Kier alpha value is -2.14. The number of hydrogen-bond acceptors (Lipinski definition) is 4. The largest absolute Gasteiger partial charge is 0.387 e. The summed E-state index contributed by atoms with van der Waals surface area (Å²) in [4.78, 5) is 6.73. The van der Waals surface area contributed by atoms with Crippen molar-refractivity contribution in [3.05, 3.63) is 65.3 Å². The van der Waals surface area contributed by atoms with Crippen LogP contribution < -0.4 is 5.32 Å². The summed E-state index contributed by atoms with van der Waals surface area (Å²) in [5.41, 5.74) is 3.78. The molecule has 4 nitrogen and oxygen atoms in total. The first-order valence-electron chi connectivity index (χ1n) is 9.51. The molecule has 0 unspecified atom stereocenters. The summed E-state index contributed by atoms with van der Waals surface area (Å²) in [6.45, 7) is 2.90. The number of aromatic nitrogens is 1. The van der Waals surface area contributed by atoms with Crippen LogP contribution in [0.15, 0.2) is 54.7 Å². The van der Waals surface area contributed by atoms with E-state index in [2.05, 4.69) is 15.2 Å². The molecule has 1 aliphatic heterocycles. The molecule has 1 atom stereocenters. The van der Waals surface area contributed by atoms with Gasteiger partial charge in [-0.3, -0.25) is 4.98 Å². The molecule has 1 aromatic heterocycles. The van der Waals surface area contributed by atoms with Gasteiger partial charge in [0.1, 0.15) is 0 Å². The molecule has 2 heterocycles. The first-order chi connectivity index (χ1) is 13.2. The van der Waals surface area contributed by atoms with Crippen LogP contribution >= 0.6 is 11.6 Å². The Morgan fingerprint density at radius 2 is 1.81 bits per heavy atom. The Labute approximate surface area is 164 Å². The number of piperidine rings is 1. The normalized spacial score (nSPS) is 16.4. The summed E-state index contributed by atoms with van der Waals surface area (Å²) in [7, 11) is 0. The number of pyridine rings is 1. The fourth-order valence-electron chi connectivity index (χ4n) is 3.67. The number of halogens is 1. The molecule has 0 spiro atoms. The number of aliphatic hydroxyl groups excluding tert-OH is 1. The van der Waals surface area contributed by atoms with Crippen LogP contribution in [0.3, 0.4) is 0 Å². The number of benzene rings is 2. The number of anilines is 2. The average Bonchev–Trinajstić information content (AvgIpc) is 2.69. The Morgan fingerprint density at radius 3 is 2.59 bits per heavy atom. The lowest BCUT2D eigenvalue weighted by Gasteiger charge is -2.28. The van der Waals surface area contributed by atoms with Crippen molar-refractivity contribution in [3.63, 3.8) is 0 Å². The molecule has 2 N–H and O–H groups in total. The molecule has 5 heteroatoms. The van der Waals surface area contributed by atoms with E-state index in [1.165, 1.54) is 19.3 Å². The average molecular weight is 382 g/mol. The van der Waals surface area contributed by atoms with Gasteiger partial charge in [0.2, 0.25) is 0 Å². The molecule has 140 valence electrons. The lowest BCUT2D eigenvalue weighted by atomic mass is 10.1. The minimum Gasteiger partial charge on any atom is -0.387 e. The predicted octanol–water partition coefficient (Wildman–Crippen LogP) is 5.15. The van der Waals surface area contributed by atoms with E-state index in [1.807, 2.05) is 48.5 Å². The molecule has 4 rings (SSSR count). The highest BCUT2D eigenvalue weighted by Crippen LogP contribution is 2.28. The number of fused-ring (bicyclic) bond motifs is 1. The third kappa shape index (κ3) is 4.41. The second-order valence-corrected chi connectivity index (χ2v) is 7.58. The number of aliphatic hydroxyl groups is 1. The van der Waals surface area contributed by atoms with Crippen LogP contribution in [-0.4, -0.2) is 34.6 Å². The van der Waals surface area contributed by atoms with Crippen molar-refractivity contribution in [3.8, 4) is 0 Å². The Kier molecular flexibility index (Phi) is 5.58. The first kappa shape index (κ1) is 18.2. The number of β-amino-alcohol motifs (C(OH)–C–C–N with tert-alkyl or cyclic N) is 1. The van der Waals surface area contributed by atoms with Crippen LogP contribution in [0.2, 0.25) is 5.02 Å². The predicted molar refractivity (Wildman–Crippen MR) is 112 cm³/mol. The molecule has 0 radical (unpaired) electrons. The van der Waals surface area contributed by atoms with Crippen LogP contribution in [0.4, 0.5) is 11.4 Å². The van der Waals surface area contributed by atoms with Crippen LogP contribution in [-0.2, 0) is 0 Å². The van der Waals surface area contributed by atoms with Crippen LogP contribution in [0.25, 0.3) is 10.9 Å². The minimum atomic E-state index is -0.443. The summed E-state index contributed by atoms with van der Waals surface area (Å²) in [6.07, 6.45) is 5.11. The van der Waals surface area contributed by atoms with Gasteiger partial charge in [0.15, 0.2) is 0 Å². The molecule has 3 aromatic rings. The maximum atomic E-state index is 10.5. The molecule has 1 saturated heterocycles. The maximum Gasteiger partial charge on any atom is 0.0916 e. The van der Waals surface area contributed by atoms with E-state index in [0.29, 0.717) is 11.6 Å². The monoisotopic (exact) mass is 381 g/mol. The molecule has 0 saturated carbocycles. The molecule has 0 aliphatic carbocycles. The standard InChI is InChI=1S/C22H24ClN3O/c23-17-6-9-19-20(10-11-24-21(19)14-17)25-18-7-4-16(5-8-18)22(27)15-26-12-2-1-3-13-26/h4-11,14,22,27H,1-3,12-13,15H2,(H,24,25)/t22-/m0/s1. The van der Waals surface area contributed by atoms with Crippen LogP contribution in [0.5, 0.6) is 0 Å². The van der Waals surface area contributed by atoms with Gasteiger partial charge in [-0.25, -0.2) is 0 Å². The third-order valence-electron chi connectivity index (χ3n) is 5.16. The SMILES string of the molecule is O[C@@H](CN1CCCCC1)c1ccc(Nc2ccnc3cc(Cl)ccc23)cc1. The summed E-state index contributed by atoms with van der Waals surface area (Å²) in [5, 5.41) is 15.7. The highest BCUT2D eigenvalue weighted by Gasteiger charge is 2.16. The van der Waals surface area contributed by atoms with Gasteiger partial charge in [-0.2, -0.15) is 0 Å². The molecular weight excluding hydrogens is 358 g/mol. The van der Waals surface area contributed by atoms with Gasteiger partial charge in [-0.15, -0.1) is 0 Å².